The number of likely N-dealkylation sites (tertiary alicyclic amines) is 1. The molecule has 116 valence electrons. The average Bonchev–Trinajstić information content (AvgIpc) is 2.79. The Morgan fingerprint density at radius 1 is 1.45 bits per heavy atom. The van der Waals surface area contributed by atoms with Gasteiger partial charge in [0.25, 0.3) is 0 Å². The van der Waals surface area contributed by atoms with Crippen molar-refractivity contribution in [3.63, 3.8) is 0 Å². The van der Waals surface area contributed by atoms with Gasteiger partial charge in [0.1, 0.15) is 0 Å². The van der Waals surface area contributed by atoms with Crippen molar-refractivity contribution < 1.29 is 27.9 Å². The van der Waals surface area contributed by atoms with Crippen molar-refractivity contribution in [1.29, 1.82) is 0 Å². The topological polar surface area (TPSA) is 69.6 Å². The summed E-state index contributed by atoms with van der Waals surface area (Å²) in [6, 6.07) is -0.510. The fourth-order valence-electron chi connectivity index (χ4n) is 2.10. The number of halogens is 3. The van der Waals surface area contributed by atoms with Gasteiger partial charge in [0.15, 0.2) is 0 Å². The van der Waals surface area contributed by atoms with Gasteiger partial charge in [0, 0.05) is 25.4 Å². The maximum Gasteiger partial charge on any atom is 0.441 e. The third kappa shape index (κ3) is 4.46. The third-order valence-corrected chi connectivity index (χ3v) is 4.15. The number of hydrogen-bond donors (Lipinski definition) is 2. The van der Waals surface area contributed by atoms with E-state index in [-0.39, 0.29) is 30.6 Å². The van der Waals surface area contributed by atoms with Crippen molar-refractivity contribution in [2.45, 2.75) is 25.3 Å². The van der Waals surface area contributed by atoms with Gasteiger partial charge in [-0.2, -0.15) is 13.2 Å². The molecule has 1 unspecified atom stereocenters. The molecular formula is C11H17F3N2O3S. The largest absolute Gasteiger partial charge is 0.481 e. The van der Waals surface area contributed by atoms with Gasteiger partial charge in [-0.05, 0) is 24.6 Å². The second-order valence-electron chi connectivity index (χ2n) is 4.64. The molecule has 1 aliphatic heterocycles. The fourth-order valence-corrected chi connectivity index (χ4v) is 2.53. The first kappa shape index (κ1) is 16.9. The molecule has 2 N–H and O–H groups in total. The molecule has 0 saturated carbocycles. The third-order valence-electron chi connectivity index (χ3n) is 3.42. The van der Waals surface area contributed by atoms with Crippen molar-refractivity contribution in [1.82, 2.24) is 10.2 Å². The predicted molar refractivity (Wildman–Crippen MR) is 68.5 cm³/mol. The van der Waals surface area contributed by atoms with Crippen LogP contribution in [0.15, 0.2) is 0 Å². The zero-order valence-electron chi connectivity index (χ0n) is 11.0. The summed E-state index contributed by atoms with van der Waals surface area (Å²) < 4.78 is 35.7. The Kier molecular flexibility index (Phi) is 5.55. The van der Waals surface area contributed by atoms with Crippen LogP contribution in [-0.2, 0) is 4.79 Å². The lowest BCUT2D eigenvalue weighted by molar-refractivity contribution is -0.148. The first-order chi connectivity index (χ1) is 9.20. The van der Waals surface area contributed by atoms with Gasteiger partial charge >= 0.3 is 17.5 Å². The monoisotopic (exact) mass is 314 g/mol. The van der Waals surface area contributed by atoms with E-state index in [1.807, 2.05) is 0 Å². The van der Waals surface area contributed by atoms with Crippen molar-refractivity contribution >= 4 is 23.8 Å². The summed E-state index contributed by atoms with van der Waals surface area (Å²) >= 11 is -0.200. The van der Waals surface area contributed by atoms with Crippen LogP contribution in [0, 0.1) is 5.41 Å². The molecule has 1 atom stereocenters. The molecule has 1 heterocycles. The first-order valence-electron chi connectivity index (χ1n) is 6.17. The molecule has 0 aromatic heterocycles. The summed E-state index contributed by atoms with van der Waals surface area (Å²) in [5.41, 5.74) is -5.24. The smallest absolute Gasteiger partial charge is 0.441 e. The van der Waals surface area contributed by atoms with Crippen molar-refractivity contribution in [3.8, 4) is 0 Å². The van der Waals surface area contributed by atoms with E-state index in [1.54, 1.807) is 6.92 Å². The Bertz CT molecular complexity index is 378. The van der Waals surface area contributed by atoms with Crippen LogP contribution in [0.25, 0.3) is 0 Å². The number of alkyl halides is 3. The molecule has 0 spiro atoms. The molecule has 1 aliphatic rings. The molecule has 0 radical (unpaired) electrons. The van der Waals surface area contributed by atoms with Gasteiger partial charge in [0.2, 0.25) is 0 Å². The molecule has 1 saturated heterocycles. The Hall–Kier alpha value is -1.12. The normalized spacial score (nSPS) is 22.9. The summed E-state index contributed by atoms with van der Waals surface area (Å²) in [5.74, 6) is -1.20. The van der Waals surface area contributed by atoms with E-state index in [0.717, 1.165) is 0 Å². The van der Waals surface area contributed by atoms with E-state index < -0.39 is 22.9 Å². The van der Waals surface area contributed by atoms with Crippen LogP contribution < -0.4 is 5.32 Å². The number of rotatable bonds is 5. The summed E-state index contributed by atoms with van der Waals surface area (Å²) in [7, 11) is 0. The number of urea groups is 1. The standard InChI is InChI=1S/C11H17F3N2O3S/c1-2-10(8(17)18)3-5-16(7-10)9(19)15-4-6-20-11(12,13)14/h2-7H2,1H3,(H,15,19)(H,17,18). The predicted octanol–water partition coefficient (Wildman–Crippen LogP) is 2.14. The fraction of sp³-hybridized carbons (Fsp3) is 0.818. The number of hydrogen-bond acceptors (Lipinski definition) is 3. The zero-order valence-corrected chi connectivity index (χ0v) is 11.8. The highest BCUT2D eigenvalue weighted by Crippen LogP contribution is 2.34. The van der Waals surface area contributed by atoms with E-state index in [4.69, 9.17) is 0 Å². The molecule has 9 heteroatoms. The van der Waals surface area contributed by atoms with Gasteiger partial charge in [0.05, 0.1) is 5.41 Å². The maximum absolute atomic E-state index is 11.9. The number of nitrogens with zero attached hydrogens (tertiary/aromatic N) is 1. The van der Waals surface area contributed by atoms with Gasteiger partial charge in [-0.25, -0.2) is 4.79 Å². The van der Waals surface area contributed by atoms with E-state index in [9.17, 15) is 27.9 Å². The summed E-state index contributed by atoms with van der Waals surface area (Å²) in [6.07, 6.45) is 0.777. The Balaban J connectivity index is 2.37. The second kappa shape index (κ2) is 6.55. The molecule has 0 aliphatic carbocycles. The number of nitrogens with one attached hydrogen (secondary N) is 1. The van der Waals surface area contributed by atoms with E-state index in [0.29, 0.717) is 19.4 Å². The number of amides is 2. The molecule has 20 heavy (non-hydrogen) atoms. The SMILES string of the molecule is CCC1(C(=O)O)CCN(C(=O)NCCSC(F)(F)F)C1. The highest BCUT2D eigenvalue weighted by atomic mass is 32.2. The number of carboxylic acids is 1. The first-order valence-corrected chi connectivity index (χ1v) is 7.15. The van der Waals surface area contributed by atoms with Crippen LogP contribution in [-0.4, -0.2) is 52.9 Å². The molecule has 1 rings (SSSR count). The molecule has 0 aromatic rings. The van der Waals surface area contributed by atoms with Crippen LogP contribution in [0.5, 0.6) is 0 Å². The Morgan fingerprint density at radius 3 is 2.55 bits per heavy atom. The van der Waals surface area contributed by atoms with Gasteiger partial charge in [-0.3, -0.25) is 4.79 Å². The van der Waals surface area contributed by atoms with Crippen molar-refractivity contribution in [3.05, 3.63) is 0 Å². The van der Waals surface area contributed by atoms with Crippen molar-refractivity contribution in [2.75, 3.05) is 25.4 Å². The lowest BCUT2D eigenvalue weighted by Crippen LogP contribution is -2.42. The number of carboxylic acid groups (broad SMARTS) is 1. The molecule has 0 aromatic carbocycles. The molecule has 0 bridgehead atoms. The average molecular weight is 314 g/mol. The Labute approximate surface area is 118 Å². The second-order valence-corrected chi connectivity index (χ2v) is 5.80. The summed E-state index contributed by atoms with van der Waals surface area (Å²) in [6.45, 7) is 2.04. The van der Waals surface area contributed by atoms with Crippen LogP contribution in [0.4, 0.5) is 18.0 Å². The number of thioether (sulfide) groups is 1. The highest BCUT2D eigenvalue weighted by Gasteiger charge is 2.44. The summed E-state index contributed by atoms with van der Waals surface area (Å²) in [4.78, 5) is 24.3. The van der Waals surface area contributed by atoms with Crippen LogP contribution in [0.2, 0.25) is 0 Å². The number of carbonyl (C=O) groups excluding carboxylic acids is 1. The molecule has 2 amide bonds. The van der Waals surface area contributed by atoms with Gasteiger partial charge in [-0.15, -0.1) is 0 Å². The minimum absolute atomic E-state index is 0.0943. The molecule has 1 fully saturated rings. The minimum atomic E-state index is -4.31. The highest BCUT2D eigenvalue weighted by molar-refractivity contribution is 8.00. The minimum Gasteiger partial charge on any atom is -0.481 e. The summed E-state index contributed by atoms with van der Waals surface area (Å²) in [5, 5.41) is 11.6. The van der Waals surface area contributed by atoms with Crippen molar-refractivity contribution in [2.24, 2.45) is 5.41 Å². The molecular weight excluding hydrogens is 297 g/mol. The Morgan fingerprint density at radius 2 is 2.10 bits per heavy atom. The van der Waals surface area contributed by atoms with Gasteiger partial charge < -0.3 is 15.3 Å². The van der Waals surface area contributed by atoms with E-state index in [1.165, 1.54) is 4.90 Å². The van der Waals surface area contributed by atoms with Crippen LogP contribution in [0.1, 0.15) is 19.8 Å². The number of aliphatic carboxylic acids is 1. The zero-order chi connectivity index (χ0) is 15.4. The van der Waals surface area contributed by atoms with Crippen LogP contribution in [0.3, 0.4) is 0 Å². The maximum atomic E-state index is 11.9. The van der Waals surface area contributed by atoms with Gasteiger partial charge in [-0.1, -0.05) is 6.92 Å². The van der Waals surface area contributed by atoms with E-state index >= 15 is 0 Å². The lowest BCUT2D eigenvalue weighted by Gasteiger charge is -2.23. The van der Waals surface area contributed by atoms with E-state index in [2.05, 4.69) is 5.32 Å². The quantitative estimate of drug-likeness (QED) is 0.763. The number of carbonyl (C=O) groups is 2. The van der Waals surface area contributed by atoms with Crippen LogP contribution >= 0.6 is 11.8 Å². The molecule has 5 nitrogen and oxygen atoms in total. The lowest BCUT2D eigenvalue weighted by atomic mass is 9.84.